The number of hydrogen-bond acceptors (Lipinski definition) is 2. The summed E-state index contributed by atoms with van der Waals surface area (Å²) in [5, 5.41) is 0. The molecule has 1 aliphatic heterocycles. The minimum Gasteiger partial charge on any atom is -0.357 e. The number of ketones is 1. The van der Waals surface area contributed by atoms with E-state index in [0.717, 1.165) is 32.1 Å². The molecular weight excluding hydrogens is 176 g/mol. The average Bonchev–Trinajstić information content (AvgIpc) is 2.52. The highest BCUT2D eigenvalue weighted by atomic mass is 16.5. The van der Waals surface area contributed by atoms with E-state index < -0.39 is 5.60 Å². The number of ether oxygens (including phenoxy) is 1. The molecule has 0 radical (unpaired) electrons. The van der Waals surface area contributed by atoms with E-state index in [2.05, 4.69) is 6.58 Å². The lowest BCUT2D eigenvalue weighted by Crippen LogP contribution is -2.42. The molecule has 2 aliphatic rings. The highest BCUT2D eigenvalue weighted by Crippen LogP contribution is 2.44. The lowest BCUT2D eigenvalue weighted by atomic mass is 9.81. The van der Waals surface area contributed by atoms with Gasteiger partial charge < -0.3 is 4.74 Å². The van der Waals surface area contributed by atoms with Gasteiger partial charge in [0.05, 0.1) is 5.60 Å². The third kappa shape index (κ3) is 1.42. The Bertz CT molecular complexity index is 271. The average molecular weight is 194 g/mol. The summed E-state index contributed by atoms with van der Waals surface area (Å²) < 4.78 is 5.97. The van der Waals surface area contributed by atoms with Crippen LogP contribution in [0.2, 0.25) is 0 Å². The molecule has 0 N–H and O–H groups in total. The molecule has 0 amide bonds. The molecule has 2 rings (SSSR count). The Morgan fingerprint density at radius 3 is 2.71 bits per heavy atom. The van der Waals surface area contributed by atoms with E-state index in [9.17, 15) is 4.79 Å². The molecule has 1 spiro atoms. The first-order chi connectivity index (χ1) is 6.60. The summed E-state index contributed by atoms with van der Waals surface area (Å²) in [6, 6.07) is 0. The Hall–Kier alpha value is -0.630. The molecule has 1 aliphatic carbocycles. The van der Waals surface area contributed by atoms with Crippen molar-refractivity contribution in [3.05, 3.63) is 12.7 Å². The highest BCUT2D eigenvalue weighted by molar-refractivity contribution is 5.88. The first-order valence-corrected chi connectivity index (χ1v) is 5.47. The summed E-state index contributed by atoms with van der Waals surface area (Å²) in [4.78, 5) is 11.9. The molecular formula is C12H18O2. The predicted molar refractivity (Wildman–Crippen MR) is 55.1 cm³/mol. The lowest BCUT2D eigenvalue weighted by Gasteiger charge is -2.33. The molecule has 2 nitrogen and oxygen atoms in total. The van der Waals surface area contributed by atoms with Crippen molar-refractivity contribution in [2.24, 2.45) is 0 Å². The Balaban J connectivity index is 2.18. The van der Waals surface area contributed by atoms with Gasteiger partial charge in [-0.1, -0.05) is 6.08 Å². The zero-order valence-electron chi connectivity index (χ0n) is 8.84. The van der Waals surface area contributed by atoms with Gasteiger partial charge in [0.25, 0.3) is 0 Å². The normalized spacial score (nSPS) is 43.1. The van der Waals surface area contributed by atoms with Crippen LogP contribution in [0, 0.1) is 0 Å². The van der Waals surface area contributed by atoms with Crippen LogP contribution in [0.4, 0.5) is 0 Å². The van der Waals surface area contributed by atoms with Crippen molar-refractivity contribution in [2.75, 3.05) is 0 Å². The van der Waals surface area contributed by atoms with Crippen molar-refractivity contribution < 1.29 is 9.53 Å². The second-order valence-corrected chi connectivity index (χ2v) is 4.74. The molecule has 1 saturated heterocycles. The van der Waals surface area contributed by atoms with Crippen molar-refractivity contribution in [3.8, 4) is 0 Å². The first-order valence-electron chi connectivity index (χ1n) is 5.47. The molecule has 1 heterocycles. The summed E-state index contributed by atoms with van der Waals surface area (Å²) in [5.41, 5.74) is -0.714. The Labute approximate surface area is 85.3 Å². The second kappa shape index (κ2) is 3.20. The number of hydrogen-bond donors (Lipinski definition) is 0. The summed E-state index contributed by atoms with van der Waals surface area (Å²) in [5.74, 6) is 0.314. The molecule has 2 heteroatoms. The predicted octanol–water partition coefficient (Wildman–Crippen LogP) is 2.62. The fourth-order valence-electron chi connectivity index (χ4n) is 2.58. The van der Waals surface area contributed by atoms with Gasteiger partial charge in [0.15, 0.2) is 5.78 Å². The number of carbonyl (C=O) groups excluding carboxylic acids is 1. The van der Waals surface area contributed by atoms with Crippen LogP contribution in [0.1, 0.15) is 45.4 Å². The van der Waals surface area contributed by atoms with Crippen LogP contribution in [-0.4, -0.2) is 17.0 Å². The number of carbonyl (C=O) groups is 1. The van der Waals surface area contributed by atoms with Gasteiger partial charge in [0.1, 0.15) is 5.60 Å². The van der Waals surface area contributed by atoms with Crippen LogP contribution in [0.5, 0.6) is 0 Å². The lowest BCUT2D eigenvalue weighted by molar-refractivity contribution is -0.152. The van der Waals surface area contributed by atoms with Crippen LogP contribution in [0.25, 0.3) is 0 Å². The van der Waals surface area contributed by atoms with Crippen LogP contribution < -0.4 is 0 Å². The monoisotopic (exact) mass is 194 g/mol. The van der Waals surface area contributed by atoms with Gasteiger partial charge in [-0.15, -0.1) is 6.58 Å². The maximum absolute atomic E-state index is 11.9. The van der Waals surface area contributed by atoms with E-state index in [-0.39, 0.29) is 5.60 Å². The Kier molecular flexibility index (Phi) is 2.26. The number of rotatable bonds is 1. The molecule has 78 valence electrons. The molecule has 2 fully saturated rings. The molecule has 0 bridgehead atoms. The maximum atomic E-state index is 11.9. The maximum Gasteiger partial charge on any atom is 0.164 e. The standard InChI is InChI=1S/C12H18O2/c1-3-11(2)8-9-12(14-11)7-5-4-6-10(12)13/h3H,1,4-9H2,2H3/t11-,12+/m0/s1. The summed E-state index contributed by atoms with van der Waals surface area (Å²) >= 11 is 0. The zero-order valence-corrected chi connectivity index (χ0v) is 8.84. The topological polar surface area (TPSA) is 26.3 Å². The van der Waals surface area contributed by atoms with Gasteiger partial charge in [-0.3, -0.25) is 4.79 Å². The van der Waals surface area contributed by atoms with E-state index in [1.54, 1.807) is 0 Å². The fourth-order valence-corrected chi connectivity index (χ4v) is 2.58. The fraction of sp³-hybridized carbons (Fsp3) is 0.750. The van der Waals surface area contributed by atoms with Crippen molar-refractivity contribution >= 4 is 5.78 Å². The number of Topliss-reactive ketones (excluding diaryl/α,β-unsaturated/α-hetero) is 1. The van der Waals surface area contributed by atoms with Crippen LogP contribution >= 0.6 is 0 Å². The van der Waals surface area contributed by atoms with Crippen molar-refractivity contribution in [2.45, 2.75) is 56.7 Å². The largest absolute Gasteiger partial charge is 0.357 e. The summed E-state index contributed by atoms with van der Waals surface area (Å²) in [6.07, 6.45) is 7.43. The van der Waals surface area contributed by atoms with Gasteiger partial charge in [0, 0.05) is 6.42 Å². The van der Waals surface area contributed by atoms with Gasteiger partial charge in [-0.05, 0) is 39.0 Å². The van der Waals surface area contributed by atoms with Crippen LogP contribution in [-0.2, 0) is 9.53 Å². The first kappa shape index (κ1) is 9.91. The third-order valence-electron chi connectivity index (χ3n) is 3.63. The van der Waals surface area contributed by atoms with E-state index in [0.29, 0.717) is 12.2 Å². The van der Waals surface area contributed by atoms with E-state index in [1.165, 1.54) is 0 Å². The molecule has 14 heavy (non-hydrogen) atoms. The van der Waals surface area contributed by atoms with Gasteiger partial charge in [-0.2, -0.15) is 0 Å². The van der Waals surface area contributed by atoms with Crippen molar-refractivity contribution in [3.63, 3.8) is 0 Å². The SMILES string of the molecule is C=C[C@@]1(C)CC[C@@]2(CCCCC2=O)O1. The molecule has 0 aromatic carbocycles. The molecule has 0 aromatic heterocycles. The summed E-state index contributed by atoms with van der Waals surface area (Å²) in [7, 11) is 0. The minimum absolute atomic E-state index is 0.271. The highest BCUT2D eigenvalue weighted by Gasteiger charge is 2.50. The Morgan fingerprint density at radius 1 is 1.36 bits per heavy atom. The quantitative estimate of drug-likeness (QED) is 0.600. The van der Waals surface area contributed by atoms with Gasteiger partial charge in [-0.25, -0.2) is 0 Å². The molecule has 1 saturated carbocycles. The minimum atomic E-state index is -0.443. The molecule has 2 atom stereocenters. The van der Waals surface area contributed by atoms with E-state index >= 15 is 0 Å². The molecule has 0 aromatic rings. The van der Waals surface area contributed by atoms with Crippen LogP contribution in [0.15, 0.2) is 12.7 Å². The smallest absolute Gasteiger partial charge is 0.164 e. The van der Waals surface area contributed by atoms with Gasteiger partial charge >= 0.3 is 0 Å². The van der Waals surface area contributed by atoms with Crippen molar-refractivity contribution in [1.82, 2.24) is 0 Å². The second-order valence-electron chi connectivity index (χ2n) is 4.74. The summed E-state index contributed by atoms with van der Waals surface area (Å²) in [6.45, 7) is 5.81. The Morgan fingerprint density at radius 2 is 2.14 bits per heavy atom. The van der Waals surface area contributed by atoms with Crippen LogP contribution in [0.3, 0.4) is 0 Å². The third-order valence-corrected chi connectivity index (χ3v) is 3.63. The van der Waals surface area contributed by atoms with Gasteiger partial charge in [0.2, 0.25) is 0 Å². The zero-order chi connectivity index (χ0) is 10.2. The van der Waals surface area contributed by atoms with Crippen molar-refractivity contribution in [1.29, 1.82) is 0 Å². The van der Waals surface area contributed by atoms with E-state index in [4.69, 9.17) is 4.74 Å². The molecule has 0 unspecified atom stereocenters. The van der Waals surface area contributed by atoms with E-state index in [1.807, 2.05) is 13.0 Å².